The average Bonchev–Trinajstić information content (AvgIpc) is 2.50. The number of nitrogens with one attached hydrogen (secondary N) is 1. The van der Waals surface area contributed by atoms with Gasteiger partial charge in [-0.2, -0.15) is 0 Å². The van der Waals surface area contributed by atoms with Gasteiger partial charge in [0.25, 0.3) is 0 Å². The summed E-state index contributed by atoms with van der Waals surface area (Å²) < 4.78 is 27.1. The Morgan fingerprint density at radius 1 is 1.33 bits per heavy atom. The van der Waals surface area contributed by atoms with E-state index in [-0.39, 0.29) is 10.7 Å². The summed E-state index contributed by atoms with van der Waals surface area (Å²) in [4.78, 5) is 13.5. The quantitative estimate of drug-likeness (QED) is 0.800. The van der Waals surface area contributed by atoms with Crippen molar-refractivity contribution >= 4 is 11.6 Å². The highest BCUT2D eigenvalue weighted by Gasteiger charge is 2.13. The Hall–Kier alpha value is -1.62. The van der Waals surface area contributed by atoms with E-state index in [1.807, 2.05) is 0 Å². The standard InChI is InChI=1S/C9H5ClF2N2O/c10-6-3-5(11)4-7(12)8(6)14-2-1-13-9(14)15/h1-4H,(H,13,15). The number of H-pyrrole nitrogens is 1. The van der Waals surface area contributed by atoms with Gasteiger partial charge in [-0.1, -0.05) is 11.6 Å². The van der Waals surface area contributed by atoms with Crippen LogP contribution in [0.4, 0.5) is 8.78 Å². The van der Waals surface area contributed by atoms with E-state index in [2.05, 4.69) is 4.98 Å². The maximum Gasteiger partial charge on any atom is 0.330 e. The molecule has 0 fully saturated rings. The Bertz CT molecular complexity index is 538. The van der Waals surface area contributed by atoms with Crippen LogP contribution in [-0.2, 0) is 0 Å². The highest BCUT2D eigenvalue weighted by Crippen LogP contribution is 2.23. The fourth-order valence-electron chi connectivity index (χ4n) is 1.26. The van der Waals surface area contributed by atoms with Crippen molar-refractivity contribution in [3.05, 3.63) is 51.7 Å². The molecule has 0 amide bonds. The molecule has 1 aromatic heterocycles. The average molecular weight is 231 g/mol. The number of aromatic nitrogens is 2. The van der Waals surface area contributed by atoms with Crippen LogP contribution in [0.2, 0.25) is 5.02 Å². The predicted molar refractivity (Wildman–Crippen MR) is 51.3 cm³/mol. The molecule has 0 bridgehead atoms. The smallest absolute Gasteiger partial charge is 0.312 e. The van der Waals surface area contributed by atoms with Crippen molar-refractivity contribution in [1.82, 2.24) is 9.55 Å². The third-order valence-corrected chi connectivity index (χ3v) is 2.16. The molecule has 6 heteroatoms. The van der Waals surface area contributed by atoms with Gasteiger partial charge in [-0.05, 0) is 6.07 Å². The molecule has 0 unspecified atom stereocenters. The van der Waals surface area contributed by atoms with Crippen LogP contribution in [0.1, 0.15) is 0 Å². The Labute approximate surface area is 87.9 Å². The van der Waals surface area contributed by atoms with Crippen LogP contribution < -0.4 is 5.69 Å². The molecular formula is C9H5ClF2N2O. The van der Waals surface area contributed by atoms with Crippen molar-refractivity contribution in [3.8, 4) is 5.69 Å². The summed E-state index contributed by atoms with van der Waals surface area (Å²) in [6, 6.07) is 1.61. The molecule has 0 aliphatic carbocycles. The maximum absolute atomic E-state index is 13.4. The molecule has 1 aromatic carbocycles. The fourth-order valence-corrected chi connectivity index (χ4v) is 1.55. The second-order valence-corrected chi connectivity index (χ2v) is 3.26. The second kappa shape index (κ2) is 3.51. The van der Waals surface area contributed by atoms with E-state index in [9.17, 15) is 13.6 Å². The first-order valence-electron chi connectivity index (χ1n) is 4.00. The lowest BCUT2D eigenvalue weighted by Crippen LogP contribution is -2.15. The molecular weight excluding hydrogens is 226 g/mol. The lowest BCUT2D eigenvalue weighted by atomic mass is 10.3. The van der Waals surface area contributed by atoms with Crippen LogP contribution in [0.5, 0.6) is 0 Å². The molecule has 3 nitrogen and oxygen atoms in total. The van der Waals surface area contributed by atoms with E-state index in [4.69, 9.17) is 11.6 Å². The molecule has 15 heavy (non-hydrogen) atoms. The molecule has 78 valence electrons. The minimum atomic E-state index is -0.887. The van der Waals surface area contributed by atoms with Gasteiger partial charge in [0.15, 0.2) is 5.82 Å². The second-order valence-electron chi connectivity index (χ2n) is 2.85. The maximum atomic E-state index is 13.4. The van der Waals surface area contributed by atoms with Gasteiger partial charge in [-0.15, -0.1) is 0 Å². The third kappa shape index (κ3) is 1.66. The lowest BCUT2D eigenvalue weighted by Gasteiger charge is -2.05. The molecule has 2 rings (SSSR count). The normalized spacial score (nSPS) is 10.6. The highest BCUT2D eigenvalue weighted by atomic mass is 35.5. The summed E-state index contributed by atoms with van der Waals surface area (Å²) in [5, 5.41) is -0.158. The molecule has 0 saturated carbocycles. The Morgan fingerprint density at radius 3 is 2.60 bits per heavy atom. The van der Waals surface area contributed by atoms with E-state index in [1.165, 1.54) is 12.4 Å². The zero-order valence-corrected chi connectivity index (χ0v) is 8.05. The summed E-state index contributed by atoms with van der Waals surface area (Å²) in [5.41, 5.74) is -0.702. The Balaban J connectivity index is 2.74. The van der Waals surface area contributed by atoms with Gasteiger partial charge >= 0.3 is 5.69 Å². The van der Waals surface area contributed by atoms with Crippen LogP contribution in [0.15, 0.2) is 29.3 Å². The van der Waals surface area contributed by atoms with Crippen molar-refractivity contribution in [2.24, 2.45) is 0 Å². The Kier molecular flexibility index (Phi) is 2.32. The third-order valence-electron chi connectivity index (χ3n) is 1.87. The van der Waals surface area contributed by atoms with E-state index in [0.717, 1.165) is 10.6 Å². The van der Waals surface area contributed by atoms with Crippen LogP contribution in [0.3, 0.4) is 0 Å². The summed E-state index contributed by atoms with van der Waals surface area (Å²) in [7, 11) is 0. The molecule has 2 aromatic rings. The molecule has 0 aliphatic heterocycles. The van der Waals surface area contributed by atoms with Crippen molar-refractivity contribution in [1.29, 1.82) is 0 Å². The number of benzene rings is 1. The molecule has 0 spiro atoms. The largest absolute Gasteiger partial charge is 0.330 e. The number of rotatable bonds is 1. The summed E-state index contributed by atoms with van der Waals surface area (Å²) >= 11 is 5.64. The van der Waals surface area contributed by atoms with E-state index < -0.39 is 17.3 Å². The van der Waals surface area contributed by atoms with Crippen molar-refractivity contribution < 1.29 is 8.78 Å². The van der Waals surface area contributed by atoms with Crippen LogP contribution in [0, 0.1) is 11.6 Å². The first-order valence-corrected chi connectivity index (χ1v) is 4.38. The monoisotopic (exact) mass is 230 g/mol. The van der Waals surface area contributed by atoms with Crippen LogP contribution in [-0.4, -0.2) is 9.55 Å². The van der Waals surface area contributed by atoms with E-state index in [1.54, 1.807) is 0 Å². The number of imidazole rings is 1. The number of halogens is 3. The van der Waals surface area contributed by atoms with Gasteiger partial charge in [0.1, 0.15) is 11.5 Å². The van der Waals surface area contributed by atoms with Crippen LogP contribution in [0.25, 0.3) is 5.69 Å². The minimum Gasteiger partial charge on any atom is -0.312 e. The molecule has 0 saturated heterocycles. The van der Waals surface area contributed by atoms with Gasteiger partial charge in [-0.3, -0.25) is 4.57 Å². The number of hydrogen-bond donors (Lipinski definition) is 1. The molecule has 0 radical (unpaired) electrons. The SMILES string of the molecule is O=c1[nH]ccn1-c1c(F)cc(F)cc1Cl. The first kappa shape index (κ1) is 9.92. The van der Waals surface area contributed by atoms with Gasteiger partial charge < -0.3 is 4.98 Å². The first-order chi connectivity index (χ1) is 7.09. The minimum absolute atomic E-state index is 0.158. The van der Waals surface area contributed by atoms with Crippen LogP contribution >= 0.6 is 11.6 Å². The molecule has 1 N–H and O–H groups in total. The van der Waals surface area contributed by atoms with Crippen molar-refractivity contribution in [2.75, 3.05) is 0 Å². The predicted octanol–water partition coefficient (Wildman–Crippen LogP) is 2.10. The number of aromatic amines is 1. The summed E-state index contributed by atoms with van der Waals surface area (Å²) in [5.74, 6) is -1.67. The van der Waals surface area contributed by atoms with Gasteiger partial charge in [0.2, 0.25) is 0 Å². The lowest BCUT2D eigenvalue weighted by molar-refractivity contribution is 0.577. The van der Waals surface area contributed by atoms with E-state index >= 15 is 0 Å². The van der Waals surface area contributed by atoms with Gasteiger partial charge in [0.05, 0.1) is 5.02 Å². The van der Waals surface area contributed by atoms with Gasteiger partial charge in [-0.25, -0.2) is 13.6 Å². The Morgan fingerprint density at radius 2 is 2.07 bits per heavy atom. The number of hydrogen-bond acceptors (Lipinski definition) is 1. The fraction of sp³-hybridized carbons (Fsp3) is 0. The van der Waals surface area contributed by atoms with Crippen molar-refractivity contribution in [3.63, 3.8) is 0 Å². The van der Waals surface area contributed by atoms with E-state index in [0.29, 0.717) is 6.07 Å². The molecule has 0 aliphatic rings. The van der Waals surface area contributed by atoms with Crippen molar-refractivity contribution in [2.45, 2.75) is 0 Å². The molecule has 1 heterocycles. The zero-order valence-electron chi connectivity index (χ0n) is 7.30. The molecule has 0 atom stereocenters. The number of nitrogens with zero attached hydrogens (tertiary/aromatic N) is 1. The highest BCUT2D eigenvalue weighted by molar-refractivity contribution is 6.32. The van der Waals surface area contributed by atoms with Gasteiger partial charge in [0, 0.05) is 18.5 Å². The summed E-state index contributed by atoms with van der Waals surface area (Å²) in [6.07, 6.45) is 2.64. The summed E-state index contributed by atoms with van der Waals surface area (Å²) in [6.45, 7) is 0. The zero-order chi connectivity index (χ0) is 11.0. The topological polar surface area (TPSA) is 37.8 Å².